The molecule has 1 aromatic rings. The van der Waals surface area contributed by atoms with E-state index in [1.807, 2.05) is 52.0 Å². The van der Waals surface area contributed by atoms with Crippen LogP contribution in [0.2, 0.25) is 0 Å². The molecule has 2 rings (SSSR count). The van der Waals surface area contributed by atoms with Crippen LogP contribution in [0.4, 0.5) is 0 Å². The van der Waals surface area contributed by atoms with E-state index in [1.165, 1.54) is 0 Å². The molecule has 1 atom stereocenters. The van der Waals surface area contributed by atoms with Gasteiger partial charge >= 0.3 is 0 Å². The Labute approximate surface area is 96.3 Å². The van der Waals surface area contributed by atoms with Crippen LogP contribution in [0, 0.1) is 0 Å². The van der Waals surface area contributed by atoms with E-state index in [0.717, 1.165) is 11.1 Å². The number of aliphatic hydroxyl groups is 1. The van der Waals surface area contributed by atoms with Crippen molar-refractivity contribution in [1.29, 1.82) is 0 Å². The lowest BCUT2D eigenvalue weighted by atomic mass is 9.61. The molecule has 16 heavy (non-hydrogen) atoms. The van der Waals surface area contributed by atoms with Gasteiger partial charge in [0.15, 0.2) is 5.78 Å². The number of carbonyl (C=O) groups is 1. The lowest BCUT2D eigenvalue weighted by Gasteiger charge is -2.43. The van der Waals surface area contributed by atoms with Gasteiger partial charge < -0.3 is 5.11 Å². The highest BCUT2D eigenvalue weighted by Gasteiger charge is 2.49. The molecule has 1 aliphatic rings. The molecule has 86 valence electrons. The summed E-state index contributed by atoms with van der Waals surface area (Å²) in [6.45, 7) is 7.60. The Kier molecular flexibility index (Phi) is 2.25. The number of hydrogen-bond donors (Lipinski definition) is 1. The maximum absolute atomic E-state index is 12.2. The van der Waals surface area contributed by atoms with Gasteiger partial charge in [-0.05, 0) is 25.0 Å². The van der Waals surface area contributed by atoms with Gasteiger partial charge in [0, 0.05) is 5.41 Å². The first-order chi connectivity index (χ1) is 7.29. The summed E-state index contributed by atoms with van der Waals surface area (Å²) in [6, 6.07) is 7.90. The van der Waals surface area contributed by atoms with Crippen LogP contribution in [0.3, 0.4) is 0 Å². The van der Waals surface area contributed by atoms with Crippen LogP contribution >= 0.6 is 0 Å². The molecule has 0 heterocycles. The number of ketones is 1. The van der Waals surface area contributed by atoms with Gasteiger partial charge in [0.05, 0.1) is 5.41 Å². The first-order valence-corrected chi connectivity index (χ1v) is 5.62. The summed E-state index contributed by atoms with van der Waals surface area (Å²) >= 11 is 0. The first-order valence-electron chi connectivity index (χ1n) is 5.62. The zero-order valence-electron chi connectivity index (χ0n) is 10.2. The van der Waals surface area contributed by atoms with E-state index in [0.29, 0.717) is 0 Å². The number of benzene rings is 1. The Balaban J connectivity index is 2.75. The number of hydrogen-bond acceptors (Lipinski definition) is 2. The molecular formula is C14H18O2. The van der Waals surface area contributed by atoms with Gasteiger partial charge in [0.2, 0.25) is 0 Å². The molecule has 0 saturated heterocycles. The van der Waals surface area contributed by atoms with E-state index >= 15 is 0 Å². The fraction of sp³-hybridized carbons (Fsp3) is 0.500. The van der Waals surface area contributed by atoms with Crippen molar-refractivity contribution >= 4 is 5.78 Å². The minimum absolute atomic E-state index is 0.0869. The third-order valence-electron chi connectivity index (χ3n) is 3.84. The predicted molar refractivity (Wildman–Crippen MR) is 63.5 cm³/mol. The van der Waals surface area contributed by atoms with Crippen molar-refractivity contribution < 1.29 is 9.90 Å². The summed E-state index contributed by atoms with van der Waals surface area (Å²) in [7, 11) is 0. The van der Waals surface area contributed by atoms with Crippen molar-refractivity contribution in [3.05, 3.63) is 35.4 Å². The van der Waals surface area contributed by atoms with E-state index in [1.54, 1.807) is 0 Å². The monoisotopic (exact) mass is 218 g/mol. The molecule has 0 radical (unpaired) electrons. The summed E-state index contributed by atoms with van der Waals surface area (Å²) in [6.07, 6.45) is -0.919. The van der Waals surface area contributed by atoms with Gasteiger partial charge in [0.1, 0.15) is 6.10 Å². The van der Waals surface area contributed by atoms with E-state index in [2.05, 4.69) is 0 Å². The van der Waals surface area contributed by atoms with E-state index in [-0.39, 0.29) is 5.78 Å². The van der Waals surface area contributed by atoms with Crippen molar-refractivity contribution in [2.45, 2.75) is 44.6 Å². The number of aliphatic hydroxyl groups excluding tert-OH is 1. The summed E-state index contributed by atoms with van der Waals surface area (Å²) in [5, 5.41) is 10.1. The van der Waals surface area contributed by atoms with E-state index < -0.39 is 16.9 Å². The van der Waals surface area contributed by atoms with Crippen LogP contribution in [0.1, 0.15) is 38.8 Å². The zero-order chi connectivity index (χ0) is 12.1. The average Bonchev–Trinajstić information content (AvgIpc) is 2.25. The summed E-state index contributed by atoms with van der Waals surface area (Å²) in [5.41, 5.74) is 1.02. The van der Waals surface area contributed by atoms with Crippen LogP contribution < -0.4 is 0 Å². The minimum Gasteiger partial charge on any atom is -0.384 e. The lowest BCUT2D eigenvalue weighted by molar-refractivity contribution is -0.136. The highest BCUT2D eigenvalue weighted by Crippen LogP contribution is 2.43. The molecule has 0 aromatic heterocycles. The largest absolute Gasteiger partial charge is 0.384 e. The summed E-state index contributed by atoms with van der Waals surface area (Å²) in [4.78, 5) is 12.2. The van der Waals surface area contributed by atoms with E-state index in [9.17, 15) is 9.90 Å². The van der Waals surface area contributed by atoms with Gasteiger partial charge in [-0.1, -0.05) is 38.1 Å². The lowest BCUT2D eigenvalue weighted by Crippen LogP contribution is -2.53. The molecule has 0 saturated carbocycles. The van der Waals surface area contributed by atoms with Crippen molar-refractivity contribution in [2.24, 2.45) is 0 Å². The van der Waals surface area contributed by atoms with Gasteiger partial charge in [0.25, 0.3) is 0 Å². The highest BCUT2D eigenvalue weighted by molar-refractivity contribution is 5.96. The topological polar surface area (TPSA) is 37.3 Å². The zero-order valence-corrected chi connectivity index (χ0v) is 10.2. The normalized spacial score (nSPS) is 26.3. The minimum atomic E-state index is -0.919. The third kappa shape index (κ3) is 1.26. The fourth-order valence-electron chi connectivity index (χ4n) is 2.54. The van der Waals surface area contributed by atoms with Crippen LogP contribution in [0.25, 0.3) is 0 Å². The van der Waals surface area contributed by atoms with Gasteiger partial charge in [-0.25, -0.2) is 0 Å². The molecule has 1 aromatic carbocycles. The summed E-state index contributed by atoms with van der Waals surface area (Å²) in [5.74, 6) is -0.0869. The molecule has 0 fully saturated rings. The molecule has 1 aliphatic carbocycles. The number of rotatable bonds is 0. The Bertz CT molecular complexity index is 444. The molecule has 1 N–H and O–H groups in total. The Morgan fingerprint density at radius 3 is 2.12 bits per heavy atom. The van der Waals surface area contributed by atoms with Gasteiger partial charge in [-0.15, -0.1) is 0 Å². The second-order valence-corrected chi connectivity index (χ2v) is 5.66. The molecule has 0 amide bonds. The van der Waals surface area contributed by atoms with Crippen LogP contribution in [-0.4, -0.2) is 17.0 Å². The van der Waals surface area contributed by atoms with Crippen molar-refractivity contribution in [3.63, 3.8) is 0 Å². The molecular weight excluding hydrogens is 200 g/mol. The van der Waals surface area contributed by atoms with Crippen molar-refractivity contribution in [3.8, 4) is 0 Å². The number of fused-ring (bicyclic) bond motifs is 1. The van der Waals surface area contributed by atoms with Crippen LogP contribution in [0.15, 0.2) is 24.3 Å². The molecule has 2 nitrogen and oxygen atoms in total. The molecule has 0 spiro atoms. The molecule has 2 heteroatoms. The molecule has 0 aliphatic heterocycles. The summed E-state index contributed by atoms with van der Waals surface area (Å²) < 4.78 is 0. The Hall–Kier alpha value is -1.15. The Morgan fingerprint density at radius 2 is 1.56 bits per heavy atom. The van der Waals surface area contributed by atoms with Gasteiger partial charge in [-0.3, -0.25) is 4.79 Å². The number of carbonyl (C=O) groups excluding carboxylic acids is 1. The van der Waals surface area contributed by atoms with Crippen LogP contribution in [0.5, 0.6) is 0 Å². The van der Waals surface area contributed by atoms with Crippen LogP contribution in [-0.2, 0) is 15.6 Å². The maximum Gasteiger partial charge on any atom is 0.172 e. The predicted octanol–water partition coefficient (Wildman–Crippen LogP) is 2.19. The van der Waals surface area contributed by atoms with Gasteiger partial charge in [-0.2, -0.15) is 0 Å². The third-order valence-corrected chi connectivity index (χ3v) is 3.84. The standard InChI is InChI=1S/C14H18O2/c1-13(2)9-7-5-6-8-10(9)14(3,4)12(16)11(13)15/h5-8,11,15H,1-4H3. The quantitative estimate of drug-likeness (QED) is 0.724. The average molecular weight is 218 g/mol. The second-order valence-electron chi connectivity index (χ2n) is 5.66. The fourth-order valence-corrected chi connectivity index (χ4v) is 2.54. The molecule has 0 bridgehead atoms. The maximum atomic E-state index is 12.2. The first kappa shape index (κ1) is 11.3. The Morgan fingerprint density at radius 1 is 1.06 bits per heavy atom. The van der Waals surface area contributed by atoms with E-state index in [4.69, 9.17) is 0 Å². The molecule has 1 unspecified atom stereocenters. The number of Topliss-reactive ketones (excluding diaryl/α,β-unsaturated/α-hetero) is 1. The second kappa shape index (κ2) is 3.17. The van der Waals surface area contributed by atoms with Crippen molar-refractivity contribution in [2.75, 3.05) is 0 Å². The van der Waals surface area contributed by atoms with Crippen molar-refractivity contribution in [1.82, 2.24) is 0 Å². The smallest absolute Gasteiger partial charge is 0.172 e. The highest BCUT2D eigenvalue weighted by atomic mass is 16.3. The SMILES string of the molecule is CC1(C)C(=O)C(O)C(C)(C)c2ccccc21.